The predicted octanol–water partition coefficient (Wildman–Crippen LogP) is 1.15. The Bertz CT molecular complexity index is 110. The molecule has 1 rings (SSSR count). The molecule has 0 radical (unpaired) electrons. The van der Waals surface area contributed by atoms with Gasteiger partial charge in [-0.1, -0.05) is 20.3 Å². The quantitative estimate of drug-likeness (QED) is 0.641. The van der Waals surface area contributed by atoms with Gasteiger partial charge < -0.3 is 10.4 Å². The van der Waals surface area contributed by atoms with E-state index in [1.54, 1.807) is 0 Å². The van der Waals surface area contributed by atoms with Gasteiger partial charge in [0.1, 0.15) is 0 Å². The lowest BCUT2D eigenvalue weighted by Crippen LogP contribution is -2.45. The van der Waals surface area contributed by atoms with Crippen LogP contribution in [0.2, 0.25) is 0 Å². The van der Waals surface area contributed by atoms with Gasteiger partial charge in [0.05, 0.1) is 6.61 Å². The second kappa shape index (κ2) is 4.07. The van der Waals surface area contributed by atoms with Gasteiger partial charge in [-0.2, -0.15) is 0 Å². The number of aliphatic hydroxyl groups excluding tert-OH is 1. The summed E-state index contributed by atoms with van der Waals surface area (Å²) < 4.78 is 0. The molecule has 2 heteroatoms. The van der Waals surface area contributed by atoms with Crippen LogP contribution in [0, 0.1) is 5.92 Å². The van der Waals surface area contributed by atoms with E-state index in [2.05, 4.69) is 19.2 Å². The average Bonchev–Trinajstić information content (AvgIpc) is 1.81. The smallest absolute Gasteiger partial charge is 0.0587 e. The van der Waals surface area contributed by atoms with E-state index in [0.717, 1.165) is 5.92 Å². The van der Waals surface area contributed by atoms with Crippen LogP contribution in [-0.4, -0.2) is 23.8 Å². The molecule has 0 unspecified atom stereocenters. The first-order valence-electron chi connectivity index (χ1n) is 4.61. The summed E-state index contributed by atoms with van der Waals surface area (Å²) in [6.45, 7) is 4.55. The molecule has 1 aliphatic carbocycles. The average molecular weight is 157 g/mol. The van der Waals surface area contributed by atoms with E-state index in [1.165, 1.54) is 19.3 Å². The van der Waals surface area contributed by atoms with Crippen molar-refractivity contribution in [3.8, 4) is 0 Å². The number of rotatable bonds is 4. The number of nitrogens with one attached hydrogen (secondary N) is 1. The standard InChI is InChI=1S/C9H19NO/c1-7(2)10-9(6-11)8-4-3-5-8/h7-11H,3-6H2,1-2H3/t9-/m0/s1. The largest absolute Gasteiger partial charge is 0.395 e. The molecule has 0 aromatic rings. The van der Waals surface area contributed by atoms with E-state index in [1.807, 2.05) is 0 Å². The lowest BCUT2D eigenvalue weighted by atomic mass is 9.80. The van der Waals surface area contributed by atoms with Crippen molar-refractivity contribution in [1.82, 2.24) is 5.32 Å². The van der Waals surface area contributed by atoms with Gasteiger partial charge in [0.15, 0.2) is 0 Å². The van der Waals surface area contributed by atoms with Crippen molar-refractivity contribution in [3.05, 3.63) is 0 Å². The molecule has 11 heavy (non-hydrogen) atoms. The van der Waals surface area contributed by atoms with Crippen molar-refractivity contribution >= 4 is 0 Å². The summed E-state index contributed by atoms with van der Waals surface area (Å²) in [7, 11) is 0. The summed E-state index contributed by atoms with van der Waals surface area (Å²) >= 11 is 0. The number of hydrogen-bond acceptors (Lipinski definition) is 2. The summed E-state index contributed by atoms with van der Waals surface area (Å²) in [6, 6.07) is 0.844. The highest BCUT2D eigenvalue weighted by molar-refractivity contribution is 4.82. The van der Waals surface area contributed by atoms with E-state index in [9.17, 15) is 0 Å². The lowest BCUT2D eigenvalue weighted by Gasteiger charge is -2.34. The van der Waals surface area contributed by atoms with Crippen LogP contribution < -0.4 is 5.32 Å². The Hall–Kier alpha value is -0.0800. The molecular formula is C9H19NO. The summed E-state index contributed by atoms with van der Waals surface area (Å²) in [5.74, 6) is 0.738. The molecule has 0 amide bonds. The second-order valence-electron chi connectivity index (χ2n) is 3.80. The molecule has 0 spiro atoms. The molecule has 0 heterocycles. The van der Waals surface area contributed by atoms with Gasteiger partial charge in [0.2, 0.25) is 0 Å². The maximum Gasteiger partial charge on any atom is 0.0587 e. The number of aliphatic hydroxyl groups is 1. The zero-order valence-electron chi connectivity index (χ0n) is 7.51. The van der Waals surface area contributed by atoms with Crippen LogP contribution in [0.25, 0.3) is 0 Å². The maximum atomic E-state index is 9.05. The first-order chi connectivity index (χ1) is 5.24. The molecule has 0 aromatic heterocycles. The van der Waals surface area contributed by atoms with Crippen LogP contribution >= 0.6 is 0 Å². The van der Waals surface area contributed by atoms with Crippen molar-refractivity contribution < 1.29 is 5.11 Å². The Kier molecular flexibility index (Phi) is 3.34. The van der Waals surface area contributed by atoms with Gasteiger partial charge in [-0.05, 0) is 18.8 Å². The van der Waals surface area contributed by atoms with Crippen molar-refractivity contribution in [2.75, 3.05) is 6.61 Å². The Morgan fingerprint density at radius 1 is 1.45 bits per heavy atom. The minimum atomic E-state index is 0.294. The summed E-state index contributed by atoms with van der Waals surface area (Å²) in [5.41, 5.74) is 0. The Morgan fingerprint density at radius 2 is 2.09 bits per heavy atom. The van der Waals surface area contributed by atoms with Crippen LogP contribution in [0.15, 0.2) is 0 Å². The van der Waals surface area contributed by atoms with Crippen LogP contribution in [0.1, 0.15) is 33.1 Å². The summed E-state index contributed by atoms with van der Waals surface area (Å²) in [4.78, 5) is 0. The van der Waals surface area contributed by atoms with Crippen LogP contribution in [0.4, 0.5) is 0 Å². The first kappa shape index (κ1) is 9.01. The fourth-order valence-corrected chi connectivity index (χ4v) is 1.61. The van der Waals surface area contributed by atoms with Gasteiger partial charge in [-0.15, -0.1) is 0 Å². The van der Waals surface area contributed by atoms with E-state index < -0.39 is 0 Å². The predicted molar refractivity (Wildman–Crippen MR) is 46.5 cm³/mol. The lowest BCUT2D eigenvalue weighted by molar-refractivity contribution is 0.143. The first-order valence-corrected chi connectivity index (χ1v) is 4.61. The molecule has 1 fully saturated rings. The zero-order chi connectivity index (χ0) is 8.27. The van der Waals surface area contributed by atoms with E-state index in [4.69, 9.17) is 5.11 Å². The minimum Gasteiger partial charge on any atom is -0.395 e. The monoisotopic (exact) mass is 157 g/mol. The van der Waals surface area contributed by atoms with Crippen LogP contribution in [0.3, 0.4) is 0 Å². The fraction of sp³-hybridized carbons (Fsp3) is 1.00. The van der Waals surface area contributed by atoms with Gasteiger partial charge in [-0.3, -0.25) is 0 Å². The maximum absolute atomic E-state index is 9.05. The highest BCUT2D eigenvalue weighted by atomic mass is 16.3. The van der Waals surface area contributed by atoms with E-state index in [-0.39, 0.29) is 0 Å². The second-order valence-corrected chi connectivity index (χ2v) is 3.80. The Morgan fingerprint density at radius 3 is 2.36 bits per heavy atom. The van der Waals surface area contributed by atoms with Gasteiger partial charge in [0, 0.05) is 12.1 Å². The van der Waals surface area contributed by atoms with Gasteiger partial charge in [-0.25, -0.2) is 0 Å². The van der Waals surface area contributed by atoms with E-state index >= 15 is 0 Å². The normalized spacial score (nSPS) is 21.8. The SMILES string of the molecule is CC(C)N[C@@H](CO)C1CCC1. The topological polar surface area (TPSA) is 32.3 Å². The van der Waals surface area contributed by atoms with Gasteiger partial charge in [0.25, 0.3) is 0 Å². The third kappa shape index (κ3) is 2.46. The van der Waals surface area contributed by atoms with Gasteiger partial charge >= 0.3 is 0 Å². The van der Waals surface area contributed by atoms with Crippen molar-refractivity contribution in [1.29, 1.82) is 0 Å². The van der Waals surface area contributed by atoms with Crippen molar-refractivity contribution in [2.45, 2.75) is 45.2 Å². The fourth-order valence-electron chi connectivity index (χ4n) is 1.61. The Labute approximate surface area is 69.0 Å². The highest BCUT2D eigenvalue weighted by Gasteiger charge is 2.26. The van der Waals surface area contributed by atoms with Crippen LogP contribution in [-0.2, 0) is 0 Å². The number of hydrogen-bond donors (Lipinski definition) is 2. The molecule has 1 aliphatic rings. The van der Waals surface area contributed by atoms with Crippen LogP contribution in [0.5, 0.6) is 0 Å². The summed E-state index contributed by atoms with van der Waals surface area (Å²) in [6.07, 6.45) is 3.94. The molecule has 0 aliphatic heterocycles. The highest BCUT2D eigenvalue weighted by Crippen LogP contribution is 2.29. The molecule has 2 nitrogen and oxygen atoms in total. The third-order valence-corrected chi connectivity index (χ3v) is 2.46. The molecule has 1 saturated carbocycles. The van der Waals surface area contributed by atoms with Crippen molar-refractivity contribution in [3.63, 3.8) is 0 Å². The molecule has 2 N–H and O–H groups in total. The molecule has 1 atom stereocenters. The molecular weight excluding hydrogens is 138 g/mol. The molecule has 0 aromatic carbocycles. The van der Waals surface area contributed by atoms with Crippen molar-refractivity contribution in [2.24, 2.45) is 5.92 Å². The minimum absolute atomic E-state index is 0.294. The van der Waals surface area contributed by atoms with E-state index in [0.29, 0.717) is 18.7 Å². The summed E-state index contributed by atoms with van der Waals surface area (Å²) in [5, 5.41) is 12.4. The zero-order valence-corrected chi connectivity index (χ0v) is 7.51. The molecule has 0 bridgehead atoms. The molecule has 0 saturated heterocycles. The molecule has 66 valence electrons. The third-order valence-electron chi connectivity index (χ3n) is 2.46. The Balaban J connectivity index is 2.23.